The SMILES string of the molecule is Cc1cc(-c2nccs2)ccc1-c1cc(C(=O)Cc2c(F)cccc2F)nn1C. The van der Waals surface area contributed by atoms with Crippen molar-refractivity contribution < 1.29 is 13.6 Å². The quantitative estimate of drug-likeness (QED) is 0.425. The molecule has 0 spiro atoms. The van der Waals surface area contributed by atoms with Crippen LogP contribution in [0.1, 0.15) is 21.6 Å². The van der Waals surface area contributed by atoms with Crippen molar-refractivity contribution in [2.75, 3.05) is 0 Å². The molecule has 0 aliphatic carbocycles. The number of aryl methyl sites for hydroxylation is 2. The van der Waals surface area contributed by atoms with E-state index < -0.39 is 17.4 Å². The Hall–Kier alpha value is -3.19. The summed E-state index contributed by atoms with van der Waals surface area (Å²) in [4.78, 5) is 16.9. The maximum Gasteiger partial charge on any atom is 0.187 e. The van der Waals surface area contributed by atoms with Crippen molar-refractivity contribution in [3.05, 3.63) is 82.5 Å². The molecule has 4 rings (SSSR count). The van der Waals surface area contributed by atoms with Crippen molar-refractivity contribution in [1.82, 2.24) is 14.8 Å². The van der Waals surface area contributed by atoms with Gasteiger partial charge < -0.3 is 0 Å². The number of nitrogens with zero attached hydrogens (tertiary/aromatic N) is 3. The molecule has 2 heterocycles. The van der Waals surface area contributed by atoms with Crippen LogP contribution in [-0.2, 0) is 13.5 Å². The van der Waals surface area contributed by atoms with Gasteiger partial charge in [-0.15, -0.1) is 11.3 Å². The number of rotatable bonds is 5. The first-order valence-corrected chi connectivity index (χ1v) is 9.83. The summed E-state index contributed by atoms with van der Waals surface area (Å²) in [5.74, 6) is -1.90. The minimum Gasteiger partial charge on any atom is -0.292 e. The number of thiazole rings is 1. The highest BCUT2D eigenvalue weighted by atomic mass is 32.1. The molecule has 0 saturated carbocycles. The van der Waals surface area contributed by atoms with Crippen molar-refractivity contribution in [2.45, 2.75) is 13.3 Å². The fourth-order valence-corrected chi connectivity index (χ4v) is 3.89. The Morgan fingerprint density at radius 3 is 2.55 bits per heavy atom. The van der Waals surface area contributed by atoms with Crippen molar-refractivity contribution in [2.24, 2.45) is 7.05 Å². The van der Waals surface area contributed by atoms with Gasteiger partial charge in [-0.1, -0.05) is 18.2 Å². The maximum atomic E-state index is 13.9. The molecule has 2 aromatic heterocycles. The van der Waals surface area contributed by atoms with Crippen molar-refractivity contribution in [3.8, 4) is 21.8 Å². The monoisotopic (exact) mass is 409 g/mol. The van der Waals surface area contributed by atoms with E-state index in [1.807, 2.05) is 30.5 Å². The third kappa shape index (κ3) is 3.73. The van der Waals surface area contributed by atoms with Gasteiger partial charge in [-0.25, -0.2) is 13.8 Å². The van der Waals surface area contributed by atoms with Gasteiger partial charge in [-0.3, -0.25) is 9.48 Å². The van der Waals surface area contributed by atoms with Crippen LogP contribution in [0.25, 0.3) is 21.8 Å². The molecule has 146 valence electrons. The molecule has 0 aliphatic rings. The van der Waals surface area contributed by atoms with Gasteiger partial charge in [0.15, 0.2) is 5.78 Å². The second kappa shape index (κ2) is 7.67. The highest BCUT2D eigenvalue weighted by Gasteiger charge is 2.19. The first kappa shape index (κ1) is 19.1. The number of carbonyl (C=O) groups excluding carboxylic acids is 1. The minimum absolute atomic E-state index is 0.175. The summed E-state index contributed by atoms with van der Waals surface area (Å²) >= 11 is 1.57. The van der Waals surface area contributed by atoms with Crippen molar-refractivity contribution in [3.63, 3.8) is 0 Å². The van der Waals surface area contributed by atoms with Crippen LogP contribution in [-0.4, -0.2) is 20.5 Å². The minimum atomic E-state index is -0.733. The summed E-state index contributed by atoms with van der Waals surface area (Å²) in [5.41, 5.74) is 3.65. The zero-order chi connectivity index (χ0) is 20.5. The molecule has 0 N–H and O–H groups in total. The van der Waals surface area contributed by atoms with Gasteiger partial charge in [-0.2, -0.15) is 5.10 Å². The van der Waals surface area contributed by atoms with Crippen molar-refractivity contribution in [1.29, 1.82) is 0 Å². The van der Waals surface area contributed by atoms with Crippen LogP contribution in [0.5, 0.6) is 0 Å². The molecule has 4 nitrogen and oxygen atoms in total. The number of benzene rings is 2. The summed E-state index contributed by atoms with van der Waals surface area (Å²) in [6.07, 6.45) is 1.39. The summed E-state index contributed by atoms with van der Waals surface area (Å²) in [6.45, 7) is 1.98. The lowest BCUT2D eigenvalue weighted by Gasteiger charge is -2.07. The zero-order valence-electron chi connectivity index (χ0n) is 15.8. The Balaban J connectivity index is 1.64. The number of carbonyl (C=O) groups is 1. The van der Waals surface area contributed by atoms with E-state index in [9.17, 15) is 13.6 Å². The molecule has 0 unspecified atom stereocenters. The Bertz CT molecular complexity index is 1180. The standard InChI is InChI=1S/C22H17F2N3OS/c1-13-10-14(22-25-8-9-29-22)6-7-15(13)20-12-19(26-27(20)2)21(28)11-16-17(23)4-3-5-18(16)24/h3-10,12H,11H2,1-2H3. The van der Waals surface area contributed by atoms with Crippen LogP contribution in [0.2, 0.25) is 0 Å². The number of aromatic nitrogens is 3. The molecule has 0 amide bonds. The number of halogens is 2. The number of hydrogen-bond donors (Lipinski definition) is 0. The maximum absolute atomic E-state index is 13.9. The molecule has 0 radical (unpaired) electrons. The molecule has 0 saturated heterocycles. The highest BCUT2D eigenvalue weighted by molar-refractivity contribution is 7.13. The van der Waals surface area contributed by atoms with Crippen LogP contribution in [0.15, 0.2) is 54.0 Å². The molecular weight excluding hydrogens is 392 g/mol. The average molecular weight is 409 g/mol. The summed E-state index contributed by atoms with van der Waals surface area (Å²) in [7, 11) is 1.74. The van der Waals surface area contributed by atoms with Gasteiger partial charge in [0.25, 0.3) is 0 Å². The normalized spacial score (nSPS) is 11.0. The smallest absolute Gasteiger partial charge is 0.187 e. The molecule has 4 aromatic rings. The predicted molar refractivity (Wildman–Crippen MR) is 109 cm³/mol. The van der Waals surface area contributed by atoms with E-state index >= 15 is 0 Å². The van der Waals surface area contributed by atoms with E-state index in [1.54, 1.807) is 35.3 Å². The molecular formula is C22H17F2N3OS. The van der Waals surface area contributed by atoms with Crippen LogP contribution < -0.4 is 0 Å². The lowest BCUT2D eigenvalue weighted by Crippen LogP contribution is -2.08. The Morgan fingerprint density at radius 2 is 1.90 bits per heavy atom. The molecule has 29 heavy (non-hydrogen) atoms. The third-order valence-electron chi connectivity index (χ3n) is 4.75. The predicted octanol–water partition coefficient (Wildman–Crippen LogP) is 5.22. The topological polar surface area (TPSA) is 47.8 Å². The molecule has 2 aromatic carbocycles. The summed E-state index contributed by atoms with van der Waals surface area (Å²) in [6, 6.07) is 11.2. The first-order chi connectivity index (χ1) is 13.9. The van der Waals surface area contributed by atoms with Crippen LogP contribution in [0.4, 0.5) is 8.78 Å². The fourth-order valence-electron chi connectivity index (χ4n) is 3.26. The lowest BCUT2D eigenvalue weighted by atomic mass is 10.0. The van der Waals surface area contributed by atoms with Crippen LogP contribution in [0, 0.1) is 18.6 Å². The van der Waals surface area contributed by atoms with E-state index in [1.165, 1.54) is 6.07 Å². The largest absolute Gasteiger partial charge is 0.292 e. The molecule has 0 atom stereocenters. The summed E-state index contributed by atoms with van der Waals surface area (Å²) < 4.78 is 29.3. The molecule has 0 fully saturated rings. The van der Waals surface area contributed by atoms with E-state index in [-0.39, 0.29) is 17.7 Å². The van der Waals surface area contributed by atoms with Gasteiger partial charge in [-0.05, 0) is 36.8 Å². The fraction of sp³-hybridized carbons (Fsp3) is 0.136. The summed E-state index contributed by atoms with van der Waals surface area (Å²) in [5, 5.41) is 7.13. The van der Waals surface area contributed by atoms with Gasteiger partial charge in [0, 0.05) is 41.7 Å². The Morgan fingerprint density at radius 1 is 1.14 bits per heavy atom. The second-order valence-corrected chi connectivity index (χ2v) is 7.60. The van der Waals surface area contributed by atoms with E-state index in [4.69, 9.17) is 0 Å². The van der Waals surface area contributed by atoms with Gasteiger partial charge >= 0.3 is 0 Å². The van der Waals surface area contributed by atoms with Gasteiger partial charge in [0.05, 0.1) is 5.69 Å². The van der Waals surface area contributed by atoms with E-state index in [0.717, 1.165) is 39.5 Å². The molecule has 0 bridgehead atoms. The van der Waals surface area contributed by atoms with Crippen LogP contribution >= 0.6 is 11.3 Å². The van der Waals surface area contributed by atoms with Crippen molar-refractivity contribution >= 4 is 17.1 Å². The Labute approximate surface area is 170 Å². The molecule has 0 aliphatic heterocycles. The van der Waals surface area contributed by atoms with E-state index in [0.29, 0.717) is 0 Å². The number of Topliss-reactive ketones (excluding diaryl/α,β-unsaturated/α-hetero) is 1. The van der Waals surface area contributed by atoms with E-state index in [2.05, 4.69) is 10.1 Å². The first-order valence-electron chi connectivity index (χ1n) is 8.95. The second-order valence-electron chi connectivity index (χ2n) is 6.71. The van der Waals surface area contributed by atoms with Gasteiger partial charge in [0.2, 0.25) is 0 Å². The number of ketones is 1. The lowest BCUT2D eigenvalue weighted by molar-refractivity contribution is 0.0985. The average Bonchev–Trinajstić information content (AvgIpc) is 3.35. The zero-order valence-corrected chi connectivity index (χ0v) is 16.6. The third-order valence-corrected chi connectivity index (χ3v) is 5.57. The van der Waals surface area contributed by atoms with Crippen LogP contribution in [0.3, 0.4) is 0 Å². The molecule has 7 heteroatoms. The van der Waals surface area contributed by atoms with Gasteiger partial charge in [0.1, 0.15) is 22.3 Å². The highest BCUT2D eigenvalue weighted by Crippen LogP contribution is 2.30. The number of hydrogen-bond acceptors (Lipinski definition) is 4. The Kier molecular flexibility index (Phi) is 5.07.